The zero-order valence-corrected chi connectivity index (χ0v) is 12.4. The lowest BCUT2D eigenvalue weighted by Gasteiger charge is -2.08. The molecule has 0 aliphatic heterocycles. The predicted molar refractivity (Wildman–Crippen MR) is 82.0 cm³/mol. The molecular formula is C17H16FNO3. The second-order valence-electron chi connectivity index (χ2n) is 4.67. The molecule has 0 radical (unpaired) electrons. The van der Waals surface area contributed by atoms with Crippen molar-refractivity contribution in [2.24, 2.45) is 0 Å². The van der Waals surface area contributed by atoms with Crippen molar-refractivity contribution in [1.82, 2.24) is 0 Å². The molecule has 5 heteroatoms. The van der Waals surface area contributed by atoms with Gasteiger partial charge in [0.15, 0.2) is 17.3 Å². The topological polar surface area (TPSA) is 55.4 Å². The first kappa shape index (κ1) is 15.7. The van der Waals surface area contributed by atoms with Gasteiger partial charge in [-0.25, -0.2) is 4.39 Å². The van der Waals surface area contributed by atoms with Crippen molar-refractivity contribution >= 4 is 17.4 Å². The van der Waals surface area contributed by atoms with E-state index >= 15 is 0 Å². The van der Waals surface area contributed by atoms with E-state index in [1.165, 1.54) is 19.1 Å². The maximum Gasteiger partial charge on any atom is 0.255 e. The monoisotopic (exact) mass is 301 g/mol. The number of anilines is 1. The Kier molecular flexibility index (Phi) is 4.88. The molecule has 0 unspecified atom stereocenters. The Morgan fingerprint density at radius 2 is 1.73 bits per heavy atom. The normalized spacial score (nSPS) is 10.1. The van der Waals surface area contributed by atoms with Gasteiger partial charge in [0.25, 0.3) is 5.91 Å². The highest BCUT2D eigenvalue weighted by Crippen LogP contribution is 2.19. The molecule has 4 nitrogen and oxygen atoms in total. The van der Waals surface area contributed by atoms with Crippen LogP contribution in [0.25, 0.3) is 0 Å². The van der Waals surface area contributed by atoms with E-state index in [4.69, 9.17) is 4.74 Å². The van der Waals surface area contributed by atoms with Crippen molar-refractivity contribution in [2.45, 2.75) is 13.8 Å². The van der Waals surface area contributed by atoms with E-state index in [-0.39, 0.29) is 17.1 Å². The van der Waals surface area contributed by atoms with Crippen LogP contribution in [0.3, 0.4) is 0 Å². The van der Waals surface area contributed by atoms with Crippen LogP contribution >= 0.6 is 0 Å². The third-order valence-corrected chi connectivity index (χ3v) is 3.04. The quantitative estimate of drug-likeness (QED) is 0.857. The summed E-state index contributed by atoms with van der Waals surface area (Å²) in [5, 5.41) is 2.65. The number of carbonyl (C=O) groups excluding carboxylic acids is 2. The van der Waals surface area contributed by atoms with Gasteiger partial charge in [-0.1, -0.05) is 0 Å². The summed E-state index contributed by atoms with van der Waals surface area (Å²) in [4.78, 5) is 23.3. The Hall–Kier alpha value is -2.69. The summed E-state index contributed by atoms with van der Waals surface area (Å²) in [6, 6.07) is 10.5. The van der Waals surface area contributed by atoms with Crippen LogP contribution in [0.1, 0.15) is 34.6 Å². The molecule has 0 saturated carbocycles. The second-order valence-corrected chi connectivity index (χ2v) is 4.67. The Morgan fingerprint density at radius 1 is 1.09 bits per heavy atom. The highest BCUT2D eigenvalue weighted by molar-refractivity contribution is 6.04. The van der Waals surface area contributed by atoms with Gasteiger partial charge in [-0.2, -0.15) is 0 Å². The van der Waals surface area contributed by atoms with Crippen LogP contribution in [0.15, 0.2) is 42.5 Å². The fraction of sp³-hybridized carbons (Fsp3) is 0.176. The molecule has 0 atom stereocenters. The molecule has 0 spiro atoms. The van der Waals surface area contributed by atoms with E-state index in [0.717, 1.165) is 6.07 Å². The third kappa shape index (κ3) is 3.69. The highest BCUT2D eigenvalue weighted by Gasteiger charge is 2.11. The van der Waals surface area contributed by atoms with Crippen molar-refractivity contribution in [2.75, 3.05) is 11.9 Å². The van der Waals surface area contributed by atoms with Gasteiger partial charge in [0, 0.05) is 16.8 Å². The molecule has 0 fully saturated rings. The number of rotatable bonds is 5. The average Bonchev–Trinajstić information content (AvgIpc) is 2.50. The summed E-state index contributed by atoms with van der Waals surface area (Å²) in [6.07, 6.45) is 0. The molecule has 0 saturated heterocycles. The minimum absolute atomic E-state index is 0.0496. The fourth-order valence-corrected chi connectivity index (χ4v) is 1.91. The summed E-state index contributed by atoms with van der Waals surface area (Å²) in [5.41, 5.74) is 1.28. The standard InChI is InChI=1S/C17H16FNO3/c1-3-22-16-9-6-13(10-15(16)18)17(21)19-14-7-4-12(5-8-14)11(2)20/h4-10H,3H2,1-2H3,(H,19,21). The Morgan fingerprint density at radius 3 is 2.27 bits per heavy atom. The average molecular weight is 301 g/mol. The maximum atomic E-state index is 13.7. The van der Waals surface area contributed by atoms with E-state index in [1.54, 1.807) is 31.2 Å². The van der Waals surface area contributed by atoms with Crippen LogP contribution in [0.5, 0.6) is 5.75 Å². The van der Waals surface area contributed by atoms with Crippen LogP contribution in [0.2, 0.25) is 0 Å². The first-order chi connectivity index (χ1) is 10.5. The number of ketones is 1. The summed E-state index contributed by atoms with van der Waals surface area (Å²) < 4.78 is 18.8. The zero-order valence-electron chi connectivity index (χ0n) is 12.4. The van der Waals surface area contributed by atoms with Gasteiger partial charge in [-0.15, -0.1) is 0 Å². The SMILES string of the molecule is CCOc1ccc(C(=O)Nc2ccc(C(C)=O)cc2)cc1F. The number of amides is 1. The molecule has 114 valence electrons. The number of benzene rings is 2. The van der Waals surface area contributed by atoms with Gasteiger partial charge < -0.3 is 10.1 Å². The summed E-state index contributed by atoms with van der Waals surface area (Å²) in [5.74, 6) is -0.949. The predicted octanol–water partition coefficient (Wildman–Crippen LogP) is 3.68. The van der Waals surface area contributed by atoms with E-state index in [2.05, 4.69) is 5.32 Å². The molecule has 0 bridgehead atoms. The Bertz CT molecular complexity index is 696. The van der Waals surface area contributed by atoms with E-state index in [9.17, 15) is 14.0 Å². The first-order valence-corrected chi connectivity index (χ1v) is 6.86. The summed E-state index contributed by atoms with van der Waals surface area (Å²) in [6.45, 7) is 3.58. The number of nitrogens with one attached hydrogen (secondary N) is 1. The van der Waals surface area contributed by atoms with Gasteiger partial charge in [0.2, 0.25) is 0 Å². The van der Waals surface area contributed by atoms with Crippen LogP contribution in [-0.4, -0.2) is 18.3 Å². The van der Waals surface area contributed by atoms with Crippen molar-refractivity contribution in [3.63, 3.8) is 0 Å². The maximum absolute atomic E-state index is 13.7. The molecule has 1 amide bonds. The number of Topliss-reactive ketones (excluding diaryl/α,β-unsaturated/α-hetero) is 1. The smallest absolute Gasteiger partial charge is 0.255 e. The lowest BCUT2D eigenvalue weighted by Crippen LogP contribution is -2.12. The number of ether oxygens (including phenoxy) is 1. The van der Waals surface area contributed by atoms with E-state index in [0.29, 0.717) is 17.9 Å². The van der Waals surface area contributed by atoms with Gasteiger partial charge in [0.1, 0.15) is 0 Å². The number of halogens is 1. The number of hydrogen-bond acceptors (Lipinski definition) is 3. The molecule has 0 aromatic heterocycles. The highest BCUT2D eigenvalue weighted by atomic mass is 19.1. The van der Waals surface area contributed by atoms with Crippen molar-refractivity contribution in [1.29, 1.82) is 0 Å². The van der Waals surface area contributed by atoms with Crippen LogP contribution in [0, 0.1) is 5.82 Å². The molecule has 0 aliphatic carbocycles. The molecule has 2 aromatic rings. The van der Waals surface area contributed by atoms with Gasteiger partial charge in [0.05, 0.1) is 6.61 Å². The Labute approximate surface area is 127 Å². The largest absolute Gasteiger partial charge is 0.491 e. The summed E-state index contributed by atoms with van der Waals surface area (Å²) in [7, 11) is 0. The number of carbonyl (C=O) groups is 2. The van der Waals surface area contributed by atoms with Gasteiger partial charge in [-0.05, 0) is 56.3 Å². The third-order valence-electron chi connectivity index (χ3n) is 3.04. The van der Waals surface area contributed by atoms with E-state index in [1.807, 2.05) is 0 Å². The van der Waals surface area contributed by atoms with Gasteiger partial charge in [-0.3, -0.25) is 9.59 Å². The zero-order chi connectivity index (χ0) is 16.1. The Balaban J connectivity index is 2.11. The molecule has 0 aliphatic rings. The van der Waals surface area contributed by atoms with Crippen molar-refractivity contribution in [3.05, 3.63) is 59.4 Å². The minimum atomic E-state index is -0.582. The molecule has 0 heterocycles. The second kappa shape index (κ2) is 6.85. The fourth-order valence-electron chi connectivity index (χ4n) is 1.91. The molecule has 2 aromatic carbocycles. The van der Waals surface area contributed by atoms with E-state index < -0.39 is 11.7 Å². The lowest BCUT2D eigenvalue weighted by atomic mass is 10.1. The molecule has 1 N–H and O–H groups in total. The van der Waals surface area contributed by atoms with Crippen LogP contribution < -0.4 is 10.1 Å². The minimum Gasteiger partial charge on any atom is -0.491 e. The van der Waals surface area contributed by atoms with Crippen molar-refractivity contribution in [3.8, 4) is 5.75 Å². The lowest BCUT2D eigenvalue weighted by molar-refractivity contribution is 0.101. The first-order valence-electron chi connectivity index (χ1n) is 6.86. The van der Waals surface area contributed by atoms with Crippen LogP contribution in [0.4, 0.5) is 10.1 Å². The molecule has 2 rings (SSSR count). The molecular weight excluding hydrogens is 285 g/mol. The molecule has 22 heavy (non-hydrogen) atoms. The van der Waals surface area contributed by atoms with Gasteiger partial charge >= 0.3 is 0 Å². The summed E-state index contributed by atoms with van der Waals surface area (Å²) >= 11 is 0. The van der Waals surface area contributed by atoms with Crippen LogP contribution in [-0.2, 0) is 0 Å². The number of hydrogen-bond donors (Lipinski definition) is 1. The van der Waals surface area contributed by atoms with Crippen molar-refractivity contribution < 1.29 is 18.7 Å².